The molecule has 4 heteroatoms. The molecule has 78 valence electrons. The molecular formula is C11H10ClNO2. The summed E-state index contributed by atoms with van der Waals surface area (Å²) in [5, 5.41) is 1.35. The van der Waals surface area contributed by atoms with Crippen LogP contribution in [0.4, 0.5) is 0 Å². The van der Waals surface area contributed by atoms with Gasteiger partial charge in [0.05, 0.1) is 12.6 Å². The quantitative estimate of drug-likeness (QED) is 0.796. The van der Waals surface area contributed by atoms with E-state index in [0.29, 0.717) is 16.3 Å². The Morgan fingerprint density at radius 1 is 1.47 bits per heavy atom. The van der Waals surface area contributed by atoms with E-state index in [1.807, 2.05) is 6.92 Å². The molecule has 0 fully saturated rings. The van der Waals surface area contributed by atoms with Crippen molar-refractivity contribution in [1.82, 2.24) is 4.98 Å². The topological polar surface area (TPSA) is 42.1 Å². The number of ether oxygens (including phenoxy) is 1. The van der Waals surface area contributed by atoms with Crippen LogP contribution in [0.1, 0.15) is 16.1 Å². The highest BCUT2D eigenvalue weighted by Gasteiger charge is 2.12. The predicted octanol–water partition coefficient (Wildman–Crippen LogP) is 2.95. The molecule has 0 spiro atoms. The number of rotatable bonds is 2. The number of hydrogen-bond donors (Lipinski definition) is 1. The minimum absolute atomic E-state index is 0.557. The third kappa shape index (κ3) is 1.49. The highest BCUT2D eigenvalue weighted by molar-refractivity contribution is 6.31. The minimum Gasteiger partial charge on any atom is -0.495 e. The number of carbonyl (C=O) groups is 1. The van der Waals surface area contributed by atoms with Gasteiger partial charge in [0.2, 0.25) is 0 Å². The number of aryl methyl sites for hydroxylation is 1. The van der Waals surface area contributed by atoms with Crippen molar-refractivity contribution >= 4 is 28.8 Å². The largest absolute Gasteiger partial charge is 0.495 e. The Balaban J connectivity index is 2.89. The van der Waals surface area contributed by atoms with Crippen LogP contribution in [0.5, 0.6) is 5.75 Å². The summed E-state index contributed by atoms with van der Waals surface area (Å²) in [6, 6.07) is 3.47. The first kappa shape index (κ1) is 10.1. The van der Waals surface area contributed by atoms with Gasteiger partial charge in [-0.2, -0.15) is 0 Å². The Hall–Kier alpha value is -1.48. The van der Waals surface area contributed by atoms with Crippen LogP contribution < -0.4 is 4.74 Å². The first-order valence-corrected chi connectivity index (χ1v) is 4.86. The molecule has 1 aromatic heterocycles. The van der Waals surface area contributed by atoms with Gasteiger partial charge in [-0.3, -0.25) is 4.79 Å². The molecule has 2 aromatic rings. The van der Waals surface area contributed by atoms with Crippen molar-refractivity contribution in [2.45, 2.75) is 6.92 Å². The maximum Gasteiger partial charge on any atom is 0.152 e. The highest BCUT2D eigenvalue weighted by Crippen LogP contribution is 2.32. The van der Waals surface area contributed by atoms with E-state index in [2.05, 4.69) is 4.98 Å². The molecule has 0 aliphatic rings. The van der Waals surface area contributed by atoms with E-state index >= 15 is 0 Å². The van der Waals surface area contributed by atoms with Crippen molar-refractivity contribution < 1.29 is 9.53 Å². The SMILES string of the molecule is COc1cc(Cl)cc2c(C=O)c(C)[nH]c12. The smallest absolute Gasteiger partial charge is 0.152 e. The Morgan fingerprint density at radius 3 is 2.80 bits per heavy atom. The lowest BCUT2D eigenvalue weighted by Gasteiger charge is -2.02. The van der Waals surface area contributed by atoms with Crippen LogP contribution in [0, 0.1) is 6.92 Å². The van der Waals surface area contributed by atoms with Crippen LogP contribution in [-0.4, -0.2) is 18.4 Å². The van der Waals surface area contributed by atoms with Gasteiger partial charge in [-0.25, -0.2) is 0 Å². The first-order valence-electron chi connectivity index (χ1n) is 4.48. The average Bonchev–Trinajstić information content (AvgIpc) is 2.52. The van der Waals surface area contributed by atoms with E-state index in [1.54, 1.807) is 19.2 Å². The van der Waals surface area contributed by atoms with Gasteiger partial charge in [0, 0.05) is 27.7 Å². The zero-order valence-corrected chi connectivity index (χ0v) is 9.18. The fourth-order valence-electron chi connectivity index (χ4n) is 1.69. The first-order chi connectivity index (χ1) is 7.17. The van der Waals surface area contributed by atoms with Crippen LogP contribution >= 0.6 is 11.6 Å². The van der Waals surface area contributed by atoms with E-state index in [0.717, 1.165) is 22.9 Å². The number of hydrogen-bond acceptors (Lipinski definition) is 2. The van der Waals surface area contributed by atoms with E-state index in [9.17, 15) is 4.79 Å². The molecule has 3 nitrogen and oxygen atoms in total. The predicted molar refractivity (Wildman–Crippen MR) is 60.0 cm³/mol. The number of carbonyl (C=O) groups excluding carboxylic acids is 1. The average molecular weight is 224 g/mol. The Bertz CT molecular complexity index is 531. The number of methoxy groups -OCH3 is 1. The molecule has 1 N–H and O–H groups in total. The summed E-state index contributed by atoms with van der Waals surface area (Å²) < 4.78 is 5.19. The molecule has 0 atom stereocenters. The number of halogens is 1. The summed E-state index contributed by atoms with van der Waals surface area (Å²) in [6.07, 6.45) is 0.823. The van der Waals surface area contributed by atoms with E-state index in [-0.39, 0.29) is 0 Å². The van der Waals surface area contributed by atoms with Gasteiger partial charge in [-0.1, -0.05) is 11.6 Å². The molecule has 0 radical (unpaired) electrons. The monoisotopic (exact) mass is 223 g/mol. The van der Waals surface area contributed by atoms with Gasteiger partial charge < -0.3 is 9.72 Å². The molecule has 2 rings (SSSR count). The maximum atomic E-state index is 10.9. The van der Waals surface area contributed by atoms with Crippen molar-refractivity contribution in [3.63, 3.8) is 0 Å². The molecular weight excluding hydrogens is 214 g/mol. The number of aromatic nitrogens is 1. The molecule has 0 saturated carbocycles. The summed E-state index contributed by atoms with van der Waals surface area (Å²) in [7, 11) is 1.57. The molecule has 0 aliphatic carbocycles. The summed E-state index contributed by atoms with van der Waals surface area (Å²) in [5.41, 5.74) is 2.26. The van der Waals surface area contributed by atoms with Gasteiger partial charge in [0.15, 0.2) is 6.29 Å². The fraction of sp³-hybridized carbons (Fsp3) is 0.182. The second-order valence-electron chi connectivity index (χ2n) is 3.31. The molecule has 1 aromatic carbocycles. The van der Waals surface area contributed by atoms with Crippen molar-refractivity contribution in [2.75, 3.05) is 7.11 Å². The maximum absolute atomic E-state index is 10.9. The Kier molecular flexibility index (Phi) is 2.40. The second kappa shape index (κ2) is 3.59. The van der Waals surface area contributed by atoms with Crippen LogP contribution in [0.15, 0.2) is 12.1 Å². The number of benzene rings is 1. The van der Waals surface area contributed by atoms with E-state index in [1.165, 1.54) is 0 Å². The standard InChI is InChI=1S/C11H10ClNO2/c1-6-9(5-14)8-3-7(12)4-10(15-2)11(8)13-6/h3-5,13H,1-2H3. The van der Waals surface area contributed by atoms with Crippen LogP contribution in [0.3, 0.4) is 0 Å². The molecule has 15 heavy (non-hydrogen) atoms. The minimum atomic E-state index is 0.557. The molecule has 1 heterocycles. The second-order valence-corrected chi connectivity index (χ2v) is 3.75. The van der Waals surface area contributed by atoms with Crippen LogP contribution in [-0.2, 0) is 0 Å². The lowest BCUT2D eigenvalue weighted by atomic mass is 10.1. The van der Waals surface area contributed by atoms with Gasteiger partial charge in [0.25, 0.3) is 0 Å². The normalized spacial score (nSPS) is 10.6. The summed E-state index contributed by atoms with van der Waals surface area (Å²) in [4.78, 5) is 14.0. The van der Waals surface area contributed by atoms with Crippen molar-refractivity contribution in [2.24, 2.45) is 0 Å². The summed E-state index contributed by atoms with van der Waals surface area (Å²) in [6.45, 7) is 1.84. The third-order valence-electron chi connectivity index (χ3n) is 2.41. The van der Waals surface area contributed by atoms with Crippen LogP contribution in [0.2, 0.25) is 5.02 Å². The lowest BCUT2D eigenvalue weighted by molar-refractivity contribution is 0.112. The molecule has 0 bridgehead atoms. The number of H-pyrrole nitrogens is 1. The molecule has 0 saturated heterocycles. The number of nitrogens with one attached hydrogen (secondary N) is 1. The highest BCUT2D eigenvalue weighted by atomic mass is 35.5. The lowest BCUT2D eigenvalue weighted by Crippen LogP contribution is -1.84. The summed E-state index contributed by atoms with van der Waals surface area (Å²) >= 11 is 5.93. The third-order valence-corrected chi connectivity index (χ3v) is 2.63. The molecule has 0 aliphatic heterocycles. The Morgan fingerprint density at radius 2 is 2.20 bits per heavy atom. The fourth-order valence-corrected chi connectivity index (χ4v) is 1.90. The zero-order chi connectivity index (χ0) is 11.0. The van der Waals surface area contributed by atoms with Crippen molar-refractivity contribution in [3.8, 4) is 5.75 Å². The van der Waals surface area contributed by atoms with Crippen molar-refractivity contribution in [3.05, 3.63) is 28.4 Å². The van der Waals surface area contributed by atoms with E-state index < -0.39 is 0 Å². The molecule has 0 unspecified atom stereocenters. The number of aromatic amines is 1. The Labute approximate surface area is 92.0 Å². The number of aldehydes is 1. The van der Waals surface area contributed by atoms with E-state index in [4.69, 9.17) is 16.3 Å². The van der Waals surface area contributed by atoms with Crippen molar-refractivity contribution in [1.29, 1.82) is 0 Å². The number of fused-ring (bicyclic) bond motifs is 1. The molecule has 0 amide bonds. The van der Waals surface area contributed by atoms with Gasteiger partial charge in [0.1, 0.15) is 5.75 Å². The summed E-state index contributed by atoms with van der Waals surface area (Å²) in [5.74, 6) is 0.647. The van der Waals surface area contributed by atoms with Gasteiger partial charge >= 0.3 is 0 Å². The van der Waals surface area contributed by atoms with Gasteiger partial charge in [-0.05, 0) is 13.0 Å². The zero-order valence-electron chi connectivity index (χ0n) is 8.43. The van der Waals surface area contributed by atoms with Crippen LogP contribution in [0.25, 0.3) is 10.9 Å². The van der Waals surface area contributed by atoms with Gasteiger partial charge in [-0.15, -0.1) is 0 Å².